The third-order valence-corrected chi connectivity index (χ3v) is 6.99. The number of benzene rings is 2. The highest BCUT2D eigenvalue weighted by molar-refractivity contribution is 5.79. The van der Waals surface area contributed by atoms with E-state index in [9.17, 15) is 4.79 Å². The molecule has 0 N–H and O–H groups in total. The zero-order chi connectivity index (χ0) is 22.2. The number of hydrogen-bond acceptors (Lipinski definition) is 3. The lowest BCUT2D eigenvalue weighted by atomic mass is 9.84. The molecule has 1 unspecified atom stereocenters. The van der Waals surface area contributed by atoms with Crippen molar-refractivity contribution in [2.24, 2.45) is 7.05 Å². The first-order chi connectivity index (χ1) is 15.5. The van der Waals surface area contributed by atoms with E-state index in [1.54, 1.807) is 0 Å². The van der Waals surface area contributed by atoms with Crippen LogP contribution in [0.25, 0.3) is 0 Å². The summed E-state index contributed by atoms with van der Waals surface area (Å²) in [5.74, 6) is 1.98. The molecule has 0 aliphatic carbocycles. The van der Waals surface area contributed by atoms with E-state index >= 15 is 0 Å². The summed E-state index contributed by atoms with van der Waals surface area (Å²) >= 11 is 0. The first-order valence-electron chi connectivity index (χ1n) is 11.7. The molecule has 0 radical (unpaired) electrons. The summed E-state index contributed by atoms with van der Waals surface area (Å²) in [5, 5.41) is 0. The zero-order valence-corrected chi connectivity index (χ0v) is 19.3. The Morgan fingerprint density at radius 1 is 1.06 bits per heavy atom. The summed E-state index contributed by atoms with van der Waals surface area (Å²) in [4.78, 5) is 22.6. The first kappa shape index (κ1) is 21.0. The summed E-state index contributed by atoms with van der Waals surface area (Å²) in [6.45, 7) is 7.92. The average Bonchev–Trinajstić information content (AvgIpc) is 3.15. The van der Waals surface area contributed by atoms with Crippen molar-refractivity contribution in [1.29, 1.82) is 0 Å². The largest absolute Gasteiger partial charge is 0.336 e. The fourth-order valence-corrected chi connectivity index (χ4v) is 5.31. The second-order valence-corrected chi connectivity index (χ2v) is 9.47. The van der Waals surface area contributed by atoms with Gasteiger partial charge in [-0.2, -0.15) is 0 Å². The van der Waals surface area contributed by atoms with Crippen molar-refractivity contribution in [1.82, 2.24) is 19.4 Å². The second-order valence-electron chi connectivity index (χ2n) is 9.47. The van der Waals surface area contributed by atoms with E-state index in [-0.39, 0.29) is 11.8 Å². The van der Waals surface area contributed by atoms with Crippen molar-refractivity contribution in [2.75, 3.05) is 19.6 Å². The molecule has 0 saturated heterocycles. The molecule has 1 aromatic heterocycles. The lowest BCUT2D eigenvalue weighted by molar-refractivity contribution is -0.133. The molecular formula is C27H32N4O. The van der Waals surface area contributed by atoms with Gasteiger partial charge >= 0.3 is 0 Å². The number of amides is 1. The topological polar surface area (TPSA) is 41.4 Å². The predicted octanol–water partition coefficient (Wildman–Crippen LogP) is 4.08. The van der Waals surface area contributed by atoms with Gasteiger partial charge in [-0.3, -0.25) is 9.69 Å². The molecule has 0 bridgehead atoms. The number of fused-ring (bicyclic) bond motifs is 2. The van der Waals surface area contributed by atoms with Gasteiger partial charge in [0.05, 0.1) is 12.2 Å². The van der Waals surface area contributed by atoms with E-state index in [0.717, 1.165) is 37.6 Å². The summed E-state index contributed by atoms with van der Waals surface area (Å²) in [6, 6.07) is 19.1. The Kier molecular flexibility index (Phi) is 5.60. The predicted molar refractivity (Wildman–Crippen MR) is 126 cm³/mol. The van der Waals surface area contributed by atoms with Crippen LogP contribution in [0, 0.1) is 0 Å². The van der Waals surface area contributed by atoms with Crippen LogP contribution >= 0.6 is 0 Å². The van der Waals surface area contributed by atoms with Crippen molar-refractivity contribution in [3.63, 3.8) is 0 Å². The maximum absolute atomic E-state index is 13.4. The van der Waals surface area contributed by atoms with Gasteiger partial charge in [-0.25, -0.2) is 4.98 Å². The number of imidazole rings is 1. The number of nitrogens with zero attached hydrogens (tertiary/aromatic N) is 4. The Morgan fingerprint density at radius 3 is 2.59 bits per heavy atom. The van der Waals surface area contributed by atoms with Crippen LogP contribution in [0.15, 0.2) is 54.6 Å². The fraction of sp³-hybridized carbons (Fsp3) is 0.407. The Morgan fingerprint density at radius 2 is 1.81 bits per heavy atom. The Bertz CT molecular complexity index is 1120. The van der Waals surface area contributed by atoms with Gasteiger partial charge < -0.3 is 9.47 Å². The van der Waals surface area contributed by atoms with Crippen LogP contribution in [0.3, 0.4) is 0 Å². The maximum atomic E-state index is 13.4. The van der Waals surface area contributed by atoms with Crippen LogP contribution in [0.2, 0.25) is 0 Å². The molecule has 0 spiro atoms. The first-order valence-corrected chi connectivity index (χ1v) is 11.7. The Labute approximate surface area is 190 Å². The molecule has 0 fully saturated rings. The molecule has 5 rings (SSSR count). The van der Waals surface area contributed by atoms with Crippen LogP contribution in [0.1, 0.15) is 59.6 Å². The molecule has 0 saturated carbocycles. The molecule has 2 aromatic carbocycles. The lowest BCUT2D eigenvalue weighted by Gasteiger charge is -2.36. The highest BCUT2D eigenvalue weighted by Crippen LogP contribution is 2.33. The average molecular weight is 429 g/mol. The standard InChI is InChI=1S/C27H32N4O/c1-19(2)27-28-24-17-30(14-13-25(24)29(27)3)18-26(32)31-15-21-11-7-8-12-22(21)23(16-31)20-9-5-4-6-10-20/h4-12,19,23H,13-18H2,1-3H3. The van der Waals surface area contributed by atoms with Gasteiger partial charge in [0.25, 0.3) is 0 Å². The van der Waals surface area contributed by atoms with Gasteiger partial charge in [0.1, 0.15) is 5.82 Å². The number of carbonyl (C=O) groups is 1. The Balaban J connectivity index is 1.32. The highest BCUT2D eigenvalue weighted by Gasteiger charge is 2.31. The van der Waals surface area contributed by atoms with Crippen molar-refractivity contribution < 1.29 is 4.79 Å². The monoisotopic (exact) mass is 428 g/mol. The SMILES string of the molecule is CC(C)c1nc2c(n1C)CCN(CC(=O)N1Cc3ccccc3C(c3ccccc3)C1)C2. The third-order valence-electron chi connectivity index (χ3n) is 6.99. The van der Waals surface area contributed by atoms with Crippen molar-refractivity contribution in [3.8, 4) is 0 Å². The number of carbonyl (C=O) groups excluding carboxylic acids is 1. The third kappa shape index (κ3) is 3.86. The van der Waals surface area contributed by atoms with E-state index in [4.69, 9.17) is 4.98 Å². The number of hydrogen-bond donors (Lipinski definition) is 0. The molecule has 5 nitrogen and oxygen atoms in total. The molecule has 32 heavy (non-hydrogen) atoms. The Hall–Kier alpha value is -2.92. The molecule has 3 aromatic rings. The van der Waals surface area contributed by atoms with Crippen LogP contribution in [-0.2, 0) is 31.4 Å². The minimum atomic E-state index is 0.212. The minimum absolute atomic E-state index is 0.212. The summed E-state index contributed by atoms with van der Waals surface area (Å²) < 4.78 is 2.26. The molecule has 3 heterocycles. The smallest absolute Gasteiger partial charge is 0.237 e. The van der Waals surface area contributed by atoms with Gasteiger partial charge in [0.15, 0.2) is 0 Å². The van der Waals surface area contributed by atoms with E-state index in [2.05, 4.69) is 78.9 Å². The molecule has 1 atom stereocenters. The van der Waals surface area contributed by atoms with Crippen LogP contribution < -0.4 is 0 Å². The second kappa shape index (κ2) is 8.55. The van der Waals surface area contributed by atoms with Gasteiger partial charge in [0, 0.05) is 57.2 Å². The lowest BCUT2D eigenvalue weighted by Crippen LogP contribution is -2.45. The van der Waals surface area contributed by atoms with Crippen LogP contribution in [-0.4, -0.2) is 44.9 Å². The molecule has 2 aliphatic heterocycles. The minimum Gasteiger partial charge on any atom is -0.336 e. The molecular weight excluding hydrogens is 396 g/mol. The fourth-order valence-electron chi connectivity index (χ4n) is 5.31. The van der Waals surface area contributed by atoms with Crippen molar-refractivity contribution in [2.45, 2.75) is 45.2 Å². The summed E-state index contributed by atoms with van der Waals surface area (Å²) in [6.07, 6.45) is 0.953. The maximum Gasteiger partial charge on any atom is 0.237 e. The summed E-state index contributed by atoms with van der Waals surface area (Å²) in [5.41, 5.74) is 6.35. The van der Waals surface area contributed by atoms with Gasteiger partial charge in [0.2, 0.25) is 5.91 Å². The number of aromatic nitrogens is 2. The van der Waals surface area contributed by atoms with E-state index in [1.165, 1.54) is 22.4 Å². The van der Waals surface area contributed by atoms with E-state index < -0.39 is 0 Å². The molecule has 166 valence electrons. The quantitative estimate of drug-likeness (QED) is 0.629. The van der Waals surface area contributed by atoms with Crippen molar-refractivity contribution >= 4 is 5.91 Å². The normalized spacial score (nSPS) is 18.5. The zero-order valence-electron chi connectivity index (χ0n) is 19.3. The van der Waals surface area contributed by atoms with E-state index in [1.807, 2.05) is 11.0 Å². The molecule has 2 aliphatic rings. The van der Waals surface area contributed by atoms with Gasteiger partial charge in [-0.1, -0.05) is 68.4 Å². The summed E-state index contributed by atoms with van der Waals surface area (Å²) in [7, 11) is 2.12. The molecule has 5 heteroatoms. The van der Waals surface area contributed by atoms with Crippen molar-refractivity contribution in [3.05, 3.63) is 88.5 Å². The van der Waals surface area contributed by atoms with Crippen LogP contribution in [0.5, 0.6) is 0 Å². The van der Waals surface area contributed by atoms with Gasteiger partial charge in [-0.05, 0) is 16.7 Å². The van der Waals surface area contributed by atoms with E-state index in [0.29, 0.717) is 19.0 Å². The highest BCUT2D eigenvalue weighted by atomic mass is 16.2. The van der Waals surface area contributed by atoms with Crippen LogP contribution in [0.4, 0.5) is 0 Å². The molecule has 1 amide bonds. The number of rotatable bonds is 4. The van der Waals surface area contributed by atoms with Gasteiger partial charge in [-0.15, -0.1) is 0 Å².